The maximum absolute atomic E-state index is 12.4. The molecule has 3 rings (SSSR count). The lowest BCUT2D eigenvalue weighted by atomic mass is 10.1. The third kappa shape index (κ3) is 4.03. The van der Waals surface area contributed by atoms with Crippen LogP contribution in [0.25, 0.3) is 0 Å². The smallest absolute Gasteiger partial charge is 0.240 e. The molecule has 0 saturated heterocycles. The summed E-state index contributed by atoms with van der Waals surface area (Å²) in [7, 11) is -0.646. The molecule has 0 saturated carbocycles. The van der Waals surface area contributed by atoms with Crippen LogP contribution in [0.2, 0.25) is 0 Å². The standard InChI is InChI=1S/C18H21NO6S/c1-22-15-8-6-14(11-17(15)23-2)26(20,21)19-9-3-4-13-5-7-16-18(10-13)25-12-24-16/h5-8,10-11,19H,3-4,9,12H2,1-2H3. The Kier molecular flexibility index (Phi) is 5.53. The quantitative estimate of drug-likeness (QED) is 0.709. The summed E-state index contributed by atoms with van der Waals surface area (Å²) < 4.78 is 48.3. The number of sulfonamides is 1. The monoisotopic (exact) mass is 379 g/mol. The minimum atomic E-state index is -3.61. The molecule has 2 aromatic carbocycles. The Morgan fingerprint density at radius 3 is 2.54 bits per heavy atom. The lowest BCUT2D eigenvalue weighted by Crippen LogP contribution is -2.25. The summed E-state index contributed by atoms with van der Waals surface area (Å²) in [5.41, 5.74) is 1.07. The summed E-state index contributed by atoms with van der Waals surface area (Å²) in [5, 5.41) is 0. The molecular formula is C18H21NO6S. The fourth-order valence-electron chi connectivity index (χ4n) is 2.66. The highest BCUT2D eigenvalue weighted by Crippen LogP contribution is 2.33. The maximum atomic E-state index is 12.4. The van der Waals surface area contributed by atoms with Crippen molar-refractivity contribution in [2.45, 2.75) is 17.7 Å². The Hall–Kier alpha value is -2.45. The molecule has 0 amide bonds. The van der Waals surface area contributed by atoms with Crippen molar-refractivity contribution in [3.05, 3.63) is 42.0 Å². The van der Waals surface area contributed by atoms with Crippen molar-refractivity contribution in [1.82, 2.24) is 4.72 Å². The highest BCUT2D eigenvalue weighted by atomic mass is 32.2. The number of ether oxygens (including phenoxy) is 4. The Morgan fingerprint density at radius 1 is 1.00 bits per heavy atom. The van der Waals surface area contributed by atoms with Gasteiger partial charge in [-0.3, -0.25) is 0 Å². The van der Waals surface area contributed by atoms with Gasteiger partial charge in [-0.2, -0.15) is 0 Å². The van der Waals surface area contributed by atoms with Gasteiger partial charge in [0.2, 0.25) is 16.8 Å². The summed E-state index contributed by atoms with van der Waals surface area (Å²) in [6, 6.07) is 10.2. The second-order valence-electron chi connectivity index (χ2n) is 5.71. The number of nitrogens with one attached hydrogen (secondary N) is 1. The molecule has 2 aromatic rings. The molecule has 1 N–H and O–H groups in total. The number of fused-ring (bicyclic) bond motifs is 1. The van der Waals surface area contributed by atoms with E-state index in [1.165, 1.54) is 26.4 Å². The fourth-order valence-corrected chi connectivity index (χ4v) is 3.75. The van der Waals surface area contributed by atoms with Crippen LogP contribution in [0.5, 0.6) is 23.0 Å². The van der Waals surface area contributed by atoms with Crippen LogP contribution in [0.3, 0.4) is 0 Å². The van der Waals surface area contributed by atoms with Gasteiger partial charge in [0, 0.05) is 12.6 Å². The predicted octanol–water partition coefficient (Wildman–Crippen LogP) is 2.34. The van der Waals surface area contributed by atoms with Gasteiger partial charge in [0.05, 0.1) is 19.1 Å². The van der Waals surface area contributed by atoms with Gasteiger partial charge in [-0.05, 0) is 42.7 Å². The topological polar surface area (TPSA) is 83.1 Å². The lowest BCUT2D eigenvalue weighted by molar-refractivity contribution is 0.174. The van der Waals surface area contributed by atoms with E-state index in [1.54, 1.807) is 6.07 Å². The highest BCUT2D eigenvalue weighted by Gasteiger charge is 2.17. The first-order chi connectivity index (χ1) is 12.5. The van der Waals surface area contributed by atoms with Gasteiger partial charge in [0.1, 0.15) is 0 Å². The maximum Gasteiger partial charge on any atom is 0.240 e. The van der Waals surface area contributed by atoms with E-state index in [-0.39, 0.29) is 11.7 Å². The molecule has 0 fully saturated rings. The lowest BCUT2D eigenvalue weighted by Gasteiger charge is -2.11. The van der Waals surface area contributed by atoms with E-state index in [4.69, 9.17) is 18.9 Å². The van der Waals surface area contributed by atoms with Crippen molar-refractivity contribution in [2.75, 3.05) is 27.6 Å². The molecule has 0 radical (unpaired) electrons. The minimum absolute atomic E-state index is 0.137. The summed E-state index contributed by atoms with van der Waals surface area (Å²) in [6.07, 6.45) is 1.39. The summed E-state index contributed by atoms with van der Waals surface area (Å²) >= 11 is 0. The van der Waals surface area contributed by atoms with Gasteiger partial charge >= 0.3 is 0 Å². The van der Waals surface area contributed by atoms with Crippen LogP contribution in [0.4, 0.5) is 0 Å². The van der Waals surface area contributed by atoms with Crippen molar-refractivity contribution in [2.24, 2.45) is 0 Å². The van der Waals surface area contributed by atoms with E-state index >= 15 is 0 Å². The molecule has 7 nitrogen and oxygen atoms in total. The van der Waals surface area contributed by atoms with Gasteiger partial charge in [0.25, 0.3) is 0 Å². The first-order valence-corrected chi connectivity index (χ1v) is 9.62. The largest absolute Gasteiger partial charge is 0.493 e. The number of hydrogen-bond donors (Lipinski definition) is 1. The Balaban J connectivity index is 1.57. The predicted molar refractivity (Wildman–Crippen MR) is 95.6 cm³/mol. The second-order valence-corrected chi connectivity index (χ2v) is 7.47. The van der Waals surface area contributed by atoms with E-state index < -0.39 is 10.0 Å². The average molecular weight is 379 g/mol. The number of benzene rings is 2. The fraction of sp³-hybridized carbons (Fsp3) is 0.333. The zero-order valence-electron chi connectivity index (χ0n) is 14.7. The van der Waals surface area contributed by atoms with E-state index in [2.05, 4.69) is 4.72 Å². The first-order valence-electron chi connectivity index (χ1n) is 8.14. The van der Waals surface area contributed by atoms with Crippen molar-refractivity contribution in [3.63, 3.8) is 0 Å². The van der Waals surface area contributed by atoms with Crippen molar-refractivity contribution >= 4 is 10.0 Å². The molecule has 8 heteroatoms. The van der Waals surface area contributed by atoms with Crippen LogP contribution >= 0.6 is 0 Å². The summed E-state index contributed by atoms with van der Waals surface area (Å²) in [4.78, 5) is 0.137. The van der Waals surface area contributed by atoms with E-state index in [0.29, 0.717) is 24.5 Å². The van der Waals surface area contributed by atoms with E-state index in [0.717, 1.165) is 23.5 Å². The Labute approximate surface area is 152 Å². The van der Waals surface area contributed by atoms with Crippen LogP contribution in [-0.2, 0) is 16.4 Å². The van der Waals surface area contributed by atoms with E-state index in [1.807, 2.05) is 18.2 Å². The SMILES string of the molecule is COc1ccc(S(=O)(=O)NCCCc2ccc3c(c2)OCO3)cc1OC. The summed E-state index contributed by atoms with van der Waals surface area (Å²) in [5.74, 6) is 2.32. The van der Waals surface area contributed by atoms with Gasteiger partial charge < -0.3 is 18.9 Å². The second kappa shape index (κ2) is 7.84. The third-order valence-corrected chi connectivity index (χ3v) is 5.50. The van der Waals surface area contributed by atoms with Gasteiger partial charge in [0.15, 0.2) is 23.0 Å². The zero-order valence-corrected chi connectivity index (χ0v) is 15.5. The van der Waals surface area contributed by atoms with Crippen LogP contribution in [0, 0.1) is 0 Å². The number of rotatable bonds is 8. The first kappa shape index (κ1) is 18.3. The van der Waals surface area contributed by atoms with Crippen molar-refractivity contribution in [3.8, 4) is 23.0 Å². The number of methoxy groups -OCH3 is 2. The van der Waals surface area contributed by atoms with Crippen LogP contribution in [0.15, 0.2) is 41.3 Å². The average Bonchev–Trinajstić information content (AvgIpc) is 3.12. The van der Waals surface area contributed by atoms with Gasteiger partial charge in [-0.1, -0.05) is 6.07 Å². The Morgan fingerprint density at radius 2 is 1.77 bits per heavy atom. The molecule has 1 aliphatic rings. The Bertz CT molecular complexity index is 881. The molecule has 0 aromatic heterocycles. The summed E-state index contributed by atoms with van der Waals surface area (Å²) in [6.45, 7) is 0.565. The molecule has 0 spiro atoms. The molecule has 0 aliphatic carbocycles. The molecule has 1 aliphatic heterocycles. The van der Waals surface area contributed by atoms with Gasteiger partial charge in [-0.25, -0.2) is 13.1 Å². The van der Waals surface area contributed by atoms with Crippen LogP contribution in [-0.4, -0.2) is 36.0 Å². The highest BCUT2D eigenvalue weighted by molar-refractivity contribution is 7.89. The van der Waals surface area contributed by atoms with Crippen molar-refractivity contribution in [1.29, 1.82) is 0 Å². The van der Waals surface area contributed by atoms with Crippen molar-refractivity contribution < 1.29 is 27.4 Å². The molecule has 26 heavy (non-hydrogen) atoms. The molecule has 0 atom stereocenters. The third-order valence-electron chi connectivity index (χ3n) is 4.04. The normalized spacial score (nSPS) is 12.8. The van der Waals surface area contributed by atoms with E-state index in [9.17, 15) is 8.42 Å². The molecule has 140 valence electrons. The zero-order chi connectivity index (χ0) is 18.6. The molecule has 0 unspecified atom stereocenters. The van der Waals surface area contributed by atoms with Crippen LogP contribution in [0.1, 0.15) is 12.0 Å². The minimum Gasteiger partial charge on any atom is -0.493 e. The number of hydrogen-bond acceptors (Lipinski definition) is 6. The molecule has 0 bridgehead atoms. The molecular weight excluding hydrogens is 358 g/mol. The molecule has 1 heterocycles. The number of aryl methyl sites for hydroxylation is 1. The van der Waals surface area contributed by atoms with Crippen LogP contribution < -0.4 is 23.7 Å². The van der Waals surface area contributed by atoms with Gasteiger partial charge in [-0.15, -0.1) is 0 Å².